The number of carbonyl (C=O) groups excluding carboxylic acids is 1. The molecule has 5 nitrogen and oxygen atoms in total. The zero-order valence-corrected chi connectivity index (χ0v) is 16.9. The van der Waals surface area contributed by atoms with Gasteiger partial charge in [-0.05, 0) is 59.9 Å². The molecule has 0 aliphatic heterocycles. The highest BCUT2D eigenvalue weighted by atomic mass is 32.2. The molecule has 0 bridgehead atoms. The van der Waals surface area contributed by atoms with Crippen molar-refractivity contribution in [3.8, 4) is 11.1 Å². The van der Waals surface area contributed by atoms with Crippen molar-refractivity contribution >= 4 is 15.9 Å². The molecule has 3 aromatic rings. The van der Waals surface area contributed by atoms with Crippen LogP contribution >= 0.6 is 0 Å². The minimum absolute atomic E-state index is 0.0202. The highest BCUT2D eigenvalue weighted by Crippen LogP contribution is 2.24. The van der Waals surface area contributed by atoms with E-state index in [4.69, 9.17) is 0 Å². The van der Waals surface area contributed by atoms with Crippen LogP contribution in [-0.2, 0) is 16.4 Å². The molecule has 0 fully saturated rings. The van der Waals surface area contributed by atoms with E-state index in [1.54, 1.807) is 19.1 Å². The van der Waals surface area contributed by atoms with Gasteiger partial charge in [0.1, 0.15) is 5.82 Å². The van der Waals surface area contributed by atoms with Crippen LogP contribution in [0.1, 0.15) is 28.4 Å². The van der Waals surface area contributed by atoms with E-state index in [9.17, 15) is 17.6 Å². The average Bonchev–Trinajstić information content (AvgIpc) is 2.74. The van der Waals surface area contributed by atoms with Crippen molar-refractivity contribution in [1.29, 1.82) is 0 Å². The monoisotopic (exact) mass is 412 g/mol. The summed E-state index contributed by atoms with van der Waals surface area (Å²) in [6.45, 7) is 3.46. The highest BCUT2D eigenvalue weighted by molar-refractivity contribution is 7.89. The molecule has 0 aliphatic carbocycles. The zero-order valence-electron chi connectivity index (χ0n) is 16.1. The topological polar surface area (TPSA) is 75.3 Å². The summed E-state index contributed by atoms with van der Waals surface area (Å²) in [7, 11) is -3.99. The molecule has 0 unspecified atom stereocenters. The second-order valence-electron chi connectivity index (χ2n) is 6.58. The Hall–Kier alpha value is -3.03. The third-order valence-corrected chi connectivity index (χ3v) is 5.77. The third-order valence-electron chi connectivity index (χ3n) is 4.52. The fraction of sp³-hybridized carbons (Fsp3) is 0.136. The SMILES string of the molecule is CCc1cccc(S(=O)(=O)NNC(=O)c2cc(-c3ccccc3)cc(C)c2F)c1. The van der Waals surface area contributed by atoms with Gasteiger partial charge in [-0.25, -0.2) is 12.8 Å². The van der Waals surface area contributed by atoms with Gasteiger partial charge in [0.15, 0.2) is 0 Å². The van der Waals surface area contributed by atoms with E-state index in [0.717, 1.165) is 11.1 Å². The molecular weight excluding hydrogens is 391 g/mol. The molecule has 7 heteroatoms. The van der Waals surface area contributed by atoms with Crippen LogP contribution in [0, 0.1) is 12.7 Å². The number of rotatable bonds is 6. The number of hydrogen-bond acceptors (Lipinski definition) is 3. The Morgan fingerprint density at radius 3 is 2.38 bits per heavy atom. The van der Waals surface area contributed by atoms with Crippen molar-refractivity contribution in [3.63, 3.8) is 0 Å². The summed E-state index contributed by atoms with van der Waals surface area (Å²) < 4.78 is 39.5. The van der Waals surface area contributed by atoms with Gasteiger partial charge in [0, 0.05) is 0 Å². The van der Waals surface area contributed by atoms with E-state index >= 15 is 0 Å². The van der Waals surface area contributed by atoms with E-state index in [-0.39, 0.29) is 16.0 Å². The first kappa shape index (κ1) is 20.7. The zero-order chi connectivity index (χ0) is 21.0. The van der Waals surface area contributed by atoms with Crippen LogP contribution < -0.4 is 10.3 Å². The van der Waals surface area contributed by atoms with Crippen LogP contribution in [0.4, 0.5) is 4.39 Å². The number of nitrogens with one attached hydrogen (secondary N) is 2. The fourth-order valence-corrected chi connectivity index (χ4v) is 3.81. The predicted molar refractivity (Wildman–Crippen MR) is 110 cm³/mol. The van der Waals surface area contributed by atoms with Crippen LogP contribution in [0.5, 0.6) is 0 Å². The average molecular weight is 412 g/mol. The quantitative estimate of drug-likeness (QED) is 0.601. The summed E-state index contributed by atoms with van der Waals surface area (Å²) in [4.78, 5) is 14.6. The third kappa shape index (κ3) is 4.70. The molecule has 2 N–H and O–H groups in total. The number of hydrogen-bond donors (Lipinski definition) is 2. The molecule has 3 aromatic carbocycles. The second kappa shape index (κ2) is 8.55. The molecule has 0 saturated heterocycles. The number of sulfonamides is 1. The summed E-state index contributed by atoms with van der Waals surface area (Å²) in [6.07, 6.45) is 0.673. The minimum Gasteiger partial charge on any atom is -0.273 e. The lowest BCUT2D eigenvalue weighted by atomic mass is 9.99. The summed E-state index contributed by atoms with van der Waals surface area (Å²) in [5.41, 5.74) is 4.48. The van der Waals surface area contributed by atoms with Gasteiger partial charge in [-0.3, -0.25) is 10.2 Å². The van der Waals surface area contributed by atoms with Crippen molar-refractivity contribution in [2.24, 2.45) is 0 Å². The lowest BCUT2D eigenvalue weighted by Crippen LogP contribution is -2.42. The number of amides is 1. The van der Waals surface area contributed by atoms with E-state index in [2.05, 4.69) is 5.43 Å². The molecule has 0 radical (unpaired) electrons. The van der Waals surface area contributed by atoms with E-state index in [1.807, 2.05) is 48.2 Å². The fourth-order valence-electron chi connectivity index (χ4n) is 2.90. The normalized spacial score (nSPS) is 11.3. The number of benzene rings is 3. The van der Waals surface area contributed by atoms with E-state index in [0.29, 0.717) is 12.0 Å². The standard InChI is InChI=1S/C22H21FN2O3S/c1-3-16-8-7-11-19(13-16)29(27,28)25-24-22(26)20-14-18(12-15(2)21(20)23)17-9-5-4-6-10-17/h4-14,25H,3H2,1-2H3,(H,24,26). The van der Waals surface area contributed by atoms with Crippen LogP contribution in [0.25, 0.3) is 11.1 Å². The Labute approximate surface area is 169 Å². The Morgan fingerprint density at radius 2 is 1.69 bits per heavy atom. The van der Waals surface area contributed by atoms with Crippen LogP contribution in [0.15, 0.2) is 71.6 Å². The molecule has 150 valence electrons. The van der Waals surface area contributed by atoms with Gasteiger partial charge in [0.25, 0.3) is 15.9 Å². The highest BCUT2D eigenvalue weighted by Gasteiger charge is 2.19. The molecule has 0 atom stereocenters. The van der Waals surface area contributed by atoms with Crippen LogP contribution in [-0.4, -0.2) is 14.3 Å². The number of halogens is 1. The molecular formula is C22H21FN2O3S. The smallest absolute Gasteiger partial charge is 0.269 e. The maximum absolute atomic E-state index is 14.6. The first-order valence-corrected chi connectivity index (χ1v) is 10.6. The van der Waals surface area contributed by atoms with Gasteiger partial charge in [0.2, 0.25) is 0 Å². The van der Waals surface area contributed by atoms with Gasteiger partial charge in [-0.1, -0.05) is 49.4 Å². The molecule has 0 heterocycles. The molecule has 3 rings (SSSR count). The summed E-state index contributed by atoms with van der Waals surface area (Å²) in [5.74, 6) is -1.58. The molecule has 1 amide bonds. The second-order valence-corrected chi connectivity index (χ2v) is 8.26. The van der Waals surface area contributed by atoms with Gasteiger partial charge in [-0.15, -0.1) is 4.83 Å². The number of carbonyl (C=O) groups is 1. The maximum Gasteiger partial charge on any atom is 0.269 e. The molecule has 0 spiro atoms. The number of hydrazine groups is 1. The van der Waals surface area contributed by atoms with E-state index < -0.39 is 21.7 Å². The summed E-state index contributed by atoms with van der Waals surface area (Å²) in [6, 6.07) is 18.7. The van der Waals surface area contributed by atoms with Gasteiger partial charge in [-0.2, -0.15) is 0 Å². The van der Waals surface area contributed by atoms with Crippen molar-refractivity contribution in [3.05, 3.63) is 89.2 Å². The predicted octanol–water partition coefficient (Wildman–Crippen LogP) is 3.99. The summed E-state index contributed by atoms with van der Waals surface area (Å²) in [5, 5.41) is 0. The minimum atomic E-state index is -3.99. The van der Waals surface area contributed by atoms with Crippen molar-refractivity contribution in [2.75, 3.05) is 0 Å². The van der Waals surface area contributed by atoms with Crippen molar-refractivity contribution in [2.45, 2.75) is 25.2 Å². The van der Waals surface area contributed by atoms with Crippen molar-refractivity contribution < 1.29 is 17.6 Å². The van der Waals surface area contributed by atoms with Crippen molar-refractivity contribution in [1.82, 2.24) is 10.3 Å². The first-order chi connectivity index (χ1) is 13.8. The largest absolute Gasteiger partial charge is 0.273 e. The Bertz CT molecular complexity index is 1150. The lowest BCUT2D eigenvalue weighted by molar-refractivity contribution is 0.0941. The van der Waals surface area contributed by atoms with Gasteiger partial charge >= 0.3 is 0 Å². The Balaban J connectivity index is 1.84. The Kier molecular flexibility index (Phi) is 6.10. The molecule has 0 saturated carbocycles. The van der Waals surface area contributed by atoms with Gasteiger partial charge in [0.05, 0.1) is 10.5 Å². The van der Waals surface area contributed by atoms with Crippen LogP contribution in [0.3, 0.4) is 0 Å². The Morgan fingerprint density at radius 1 is 0.966 bits per heavy atom. The molecule has 29 heavy (non-hydrogen) atoms. The van der Waals surface area contributed by atoms with Crippen LogP contribution in [0.2, 0.25) is 0 Å². The lowest BCUT2D eigenvalue weighted by Gasteiger charge is -2.12. The first-order valence-electron chi connectivity index (χ1n) is 9.08. The summed E-state index contributed by atoms with van der Waals surface area (Å²) >= 11 is 0. The molecule has 0 aromatic heterocycles. The van der Waals surface area contributed by atoms with Gasteiger partial charge < -0.3 is 0 Å². The van der Waals surface area contributed by atoms with E-state index in [1.165, 1.54) is 18.2 Å². The number of aryl methyl sites for hydroxylation is 2. The maximum atomic E-state index is 14.6. The molecule has 0 aliphatic rings.